The summed E-state index contributed by atoms with van der Waals surface area (Å²) in [6.45, 7) is 6.98. The molecule has 0 aromatic heterocycles. The molecule has 3 rings (SSSR count). The van der Waals surface area contributed by atoms with Gasteiger partial charge in [-0.1, -0.05) is 0 Å². The summed E-state index contributed by atoms with van der Waals surface area (Å²) in [7, 11) is -3.57. The highest BCUT2D eigenvalue weighted by molar-refractivity contribution is 7.85. The van der Waals surface area contributed by atoms with Crippen LogP contribution in [-0.4, -0.2) is 63.6 Å². The molecule has 3 aliphatic rings. The Morgan fingerprint density at radius 1 is 0.909 bits per heavy atom. The first-order valence-corrected chi connectivity index (χ1v) is 8.99. The Morgan fingerprint density at radius 2 is 1.45 bits per heavy atom. The molecular weight excluding hydrogens is 316 g/mol. The lowest BCUT2D eigenvalue weighted by Crippen LogP contribution is -2.56. The SMILES string of the molecule is CC1(C)O[C@H]2[C@@H](O1)[C@@H](COS(C)(=O)=O)O[C@@H]1OC(C)(C)O[C@@H]12. The van der Waals surface area contributed by atoms with E-state index in [2.05, 4.69) is 0 Å². The van der Waals surface area contributed by atoms with E-state index in [1.807, 2.05) is 0 Å². The summed E-state index contributed by atoms with van der Waals surface area (Å²) >= 11 is 0. The Kier molecular flexibility index (Phi) is 3.84. The predicted molar refractivity (Wildman–Crippen MR) is 73.3 cm³/mol. The Balaban J connectivity index is 1.81. The number of hydrogen-bond donors (Lipinski definition) is 0. The lowest BCUT2D eigenvalue weighted by Gasteiger charge is -2.36. The first kappa shape index (κ1) is 16.6. The van der Waals surface area contributed by atoms with E-state index in [9.17, 15) is 8.42 Å². The first-order valence-electron chi connectivity index (χ1n) is 7.17. The molecule has 0 radical (unpaired) electrons. The topological polar surface area (TPSA) is 89.5 Å². The molecule has 0 N–H and O–H groups in total. The largest absolute Gasteiger partial charge is 0.342 e. The van der Waals surface area contributed by atoms with Crippen LogP contribution in [0.5, 0.6) is 0 Å². The van der Waals surface area contributed by atoms with E-state index in [4.69, 9.17) is 27.9 Å². The van der Waals surface area contributed by atoms with Crippen LogP contribution >= 0.6 is 0 Å². The minimum atomic E-state index is -3.57. The van der Waals surface area contributed by atoms with Crippen LogP contribution in [0, 0.1) is 0 Å². The Hall–Kier alpha value is -0.290. The third-order valence-electron chi connectivity index (χ3n) is 3.70. The van der Waals surface area contributed by atoms with Gasteiger partial charge in [-0.25, -0.2) is 0 Å². The third-order valence-corrected chi connectivity index (χ3v) is 4.26. The van der Waals surface area contributed by atoms with Gasteiger partial charge in [-0.2, -0.15) is 8.42 Å². The van der Waals surface area contributed by atoms with E-state index >= 15 is 0 Å². The van der Waals surface area contributed by atoms with Crippen LogP contribution in [0.25, 0.3) is 0 Å². The van der Waals surface area contributed by atoms with Gasteiger partial charge in [0.25, 0.3) is 10.1 Å². The van der Waals surface area contributed by atoms with Gasteiger partial charge in [0, 0.05) is 0 Å². The second-order valence-electron chi connectivity index (χ2n) is 6.70. The fourth-order valence-electron chi connectivity index (χ4n) is 3.02. The summed E-state index contributed by atoms with van der Waals surface area (Å²) in [5.74, 6) is -1.62. The minimum Gasteiger partial charge on any atom is -0.342 e. The van der Waals surface area contributed by atoms with Crippen molar-refractivity contribution in [3.05, 3.63) is 0 Å². The molecule has 0 unspecified atom stereocenters. The number of hydrogen-bond acceptors (Lipinski definition) is 8. The maximum Gasteiger partial charge on any atom is 0.264 e. The average Bonchev–Trinajstić information content (AvgIpc) is 2.79. The van der Waals surface area contributed by atoms with Gasteiger partial charge in [-0.05, 0) is 27.7 Å². The second kappa shape index (κ2) is 5.10. The Labute approximate surface area is 130 Å². The van der Waals surface area contributed by atoms with Gasteiger partial charge < -0.3 is 23.7 Å². The highest BCUT2D eigenvalue weighted by atomic mass is 32.2. The predicted octanol–water partition coefficient (Wildman–Crippen LogP) is 0.359. The molecule has 3 fully saturated rings. The molecule has 3 aliphatic heterocycles. The van der Waals surface area contributed by atoms with Crippen molar-refractivity contribution >= 4 is 10.1 Å². The zero-order chi connectivity index (χ0) is 16.3. The Morgan fingerprint density at radius 3 is 2.09 bits per heavy atom. The van der Waals surface area contributed by atoms with Gasteiger partial charge >= 0.3 is 0 Å². The summed E-state index contributed by atoms with van der Waals surface area (Å²) < 4.78 is 56.4. The molecule has 22 heavy (non-hydrogen) atoms. The summed E-state index contributed by atoms with van der Waals surface area (Å²) in [5.41, 5.74) is 0. The van der Waals surface area contributed by atoms with Crippen molar-refractivity contribution in [1.29, 1.82) is 0 Å². The lowest BCUT2D eigenvalue weighted by atomic mass is 9.99. The van der Waals surface area contributed by atoms with Gasteiger partial charge in [-0.15, -0.1) is 0 Å². The van der Waals surface area contributed by atoms with Crippen molar-refractivity contribution < 1.29 is 36.3 Å². The maximum absolute atomic E-state index is 11.2. The smallest absolute Gasteiger partial charge is 0.264 e. The van der Waals surface area contributed by atoms with Crippen LogP contribution in [0.15, 0.2) is 0 Å². The summed E-state index contributed by atoms with van der Waals surface area (Å²) in [4.78, 5) is 0. The van der Waals surface area contributed by atoms with Gasteiger partial charge in [0.05, 0.1) is 12.9 Å². The van der Waals surface area contributed by atoms with Crippen molar-refractivity contribution in [3.63, 3.8) is 0 Å². The zero-order valence-corrected chi connectivity index (χ0v) is 14.1. The quantitative estimate of drug-likeness (QED) is 0.682. The van der Waals surface area contributed by atoms with E-state index in [0.717, 1.165) is 6.26 Å². The normalized spacial score (nSPS) is 42.9. The van der Waals surface area contributed by atoms with Crippen molar-refractivity contribution in [3.8, 4) is 0 Å². The van der Waals surface area contributed by atoms with Gasteiger partial charge in [0.1, 0.15) is 24.4 Å². The molecular formula is C13H22O8S. The highest BCUT2D eigenvalue weighted by Crippen LogP contribution is 2.44. The first-order chi connectivity index (χ1) is 9.96. The molecule has 5 atom stereocenters. The van der Waals surface area contributed by atoms with Crippen molar-refractivity contribution in [1.82, 2.24) is 0 Å². The molecule has 128 valence electrons. The van der Waals surface area contributed by atoms with Crippen LogP contribution in [0.3, 0.4) is 0 Å². The number of rotatable bonds is 3. The fourth-order valence-corrected chi connectivity index (χ4v) is 3.40. The van der Waals surface area contributed by atoms with E-state index in [1.54, 1.807) is 27.7 Å². The summed E-state index contributed by atoms with van der Waals surface area (Å²) in [6.07, 6.45) is -1.62. The second-order valence-corrected chi connectivity index (χ2v) is 8.34. The molecule has 3 heterocycles. The fraction of sp³-hybridized carbons (Fsp3) is 1.00. The van der Waals surface area contributed by atoms with E-state index < -0.39 is 52.4 Å². The molecule has 0 amide bonds. The third kappa shape index (κ3) is 3.30. The average molecular weight is 338 g/mol. The van der Waals surface area contributed by atoms with Crippen molar-refractivity contribution in [2.45, 2.75) is 70.0 Å². The van der Waals surface area contributed by atoms with Crippen LogP contribution in [0.1, 0.15) is 27.7 Å². The molecule has 0 aromatic rings. The van der Waals surface area contributed by atoms with Gasteiger partial charge in [0.15, 0.2) is 17.9 Å². The van der Waals surface area contributed by atoms with Gasteiger partial charge in [0.2, 0.25) is 0 Å². The van der Waals surface area contributed by atoms with Crippen LogP contribution in [0.2, 0.25) is 0 Å². The number of ether oxygens (including phenoxy) is 5. The lowest BCUT2D eigenvalue weighted by molar-refractivity contribution is -0.238. The molecule has 8 nitrogen and oxygen atoms in total. The van der Waals surface area contributed by atoms with Crippen molar-refractivity contribution in [2.75, 3.05) is 12.9 Å². The number of fused-ring (bicyclic) bond motifs is 3. The van der Waals surface area contributed by atoms with Crippen LogP contribution in [0.4, 0.5) is 0 Å². The molecule has 3 saturated heterocycles. The summed E-state index contributed by atoms with van der Waals surface area (Å²) in [5, 5.41) is 0. The monoisotopic (exact) mass is 338 g/mol. The maximum atomic E-state index is 11.2. The molecule has 9 heteroatoms. The van der Waals surface area contributed by atoms with E-state index in [0.29, 0.717) is 0 Å². The zero-order valence-electron chi connectivity index (χ0n) is 13.3. The molecule has 0 aliphatic carbocycles. The van der Waals surface area contributed by atoms with Gasteiger partial charge in [-0.3, -0.25) is 4.18 Å². The van der Waals surface area contributed by atoms with Crippen LogP contribution in [-0.2, 0) is 38.0 Å². The Bertz CT molecular complexity index is 542. The summed E-state index contributed by atoms with van der Waals surface area (Å²) in [6, 6.07) is 0. The molecule has 0 bridgehead atoms. The highest BCUT2D eigenvalue weighted by Gasteiger charge is 2.60. The van der Waals surface area contributed by atoms with E-state index in [1.165, 1.54) is 0 Å². The molecule has 0 spiro atoms. The molecule has 0 aromatic carbocycles. The standard InChI is InChI=1S/C13H22O8S/c1-12(2)18-8-7(6-16-22(5,14)15)17-11-10(9(8)19-12)20-13(3,4)21-11/h7-11H,6H2,1-5H3/t7-,8+,9+,10-,11-/m1/s1. The van der Waals surface area contributed by atoms with E-state index in [-0.39, 0.29) is 6.61 Å². The van der Waals surface area contributed by atoms with Crippen LogP contribution < -0.4 is 0 Å². The minimum absolute atomic E-state index is 0.160. The van der Waals surface area contributed by atoms with Crippen molar-refractivity contribution in [2.24, 2.45) is 0 Å². The molecule has 0 saturated carbocycles.